The van der Waals surface area contributed by atoms with Crippen LogP contribution in [0.3, 0.4) is 0 Å². The summed E-state index contributed by atoms with van der Waals surface area (Å²) < 4.78 is 32.5. The van der Waals surface area contributed by atoms with Crippen LogP contribution in [-0.2, 0) is 26.2 Å². The largest absolute Gasteiger partial charge is 0.457 e. The SMILES string of the molecule is CCCNC(=O)[C@@H](CC)N(Cc1ccccc1C)C(=O)CN(c1ccc(Oc2ccccc2)cc1)S(C)(=O)=O. The summed E-state index contributed by atoms with van der Waals surface area (Å²) in [5.74, 6) is 0.463. The molecule has 0 radical (unpaired) electrons. The predicted octanol–water partition coefficient (Wildman–Crippen LogP) is 4.89. The Morgan fingerprint density at radius 1 is 0.897 bits per heavy atom. The Balaban J connectivity index is 1.89. The summed E-state index contributed by atoms with van der Waals surface area (Å²) in [5, 5.41) is 2.88. The Kier molecular flexibility index (Phi) is 10.5. The number of nitrogens with zero attached hydrogens (tertiary/aromatic N) is 2. The Hall–Kier alpha value is -3.85. The minimum atomic E-state index is -3.82. The molecule has 0 aliphatic carbocycles. The molecule has 0 aliphatic heterocycles. The molecule has 0 aliphatic rings. The van der Waals surface area contributed by atoms with Gasteiger partial charge in [-0.25, -0.2) is 8.42 Å². The molecule has 0 heterocycles. The first-order valence-corrected chi connectivity index (χ1v) is 14.9. The highest BCUT2D eigenvalue weighted by Crippen LogP contribution is 2.26. The number of nitrogens with one attached hydrogen (secondary N) is 1. The summed E-state index contributed by atoms with van der Waals surface area (Å²) in [6.07, 6.45) is 2.21. The number of sulfonamides is 1. The Morgan fingerprint density at radius 3 is 2.10 bits per heavy atom. The number of carbonyl (C=O) groups is 2. The van der Waals surface area contributed by atoms with E-state index in [1.807, 2.05) is 75.4 Å². The molecule has 2 amide bonds. The van der Waals surface area contributed by atoms with Crippen molar-refractivity contribution in [2.75, 3.05) is 23.7 Å². The van der Waals surface area contributed by atoms with Gasteiger partial charge in [0, 0.05) is 13.1 Å². The third-order valence-corrected chi connectivity index (χ3v) is 7.46. The molecule has 39 heavy (non-hydrogen) atoms. The summed E-state index contributed by atoms with van der Waals surface area (Å²) in [6, 6.07) is 22.6. The summed E-state index contributed by atoms with van der Waals surface area (Å²) in [6.45, 7) is 5.98. The van der Waals surface area contributed by atoms with Crippen molar-refractivity contribution in [1.29, 1.82) is 0 Å². The fourth-order valence-corrected chi connectivity index (χ4v) is 5.02. The van der Waals surface area contributed by atoms with Crippen molar-refractivity contribution >= 4 is 27.5 Å². The number of benzene rings is 3. The van der Waals surface area contributed by atoms with Crippen LogP contribution in [0.4, 0.5) is 5.69 Å². The molecule has 3 rings (SSSR count). The van der Waals surface area contributed by atoms with Gasteiger partial charge >= 0.3 is 0 Å². The van der Waals surface area contributed by atoms with E-state index < -0.39 is 28.5 Å². The van der Waals surface area contributed by atoms with Crippen LogP contribution in [0.2, 0.25) is 0 Å². The van der Waals surface area contributed by atoms with Gasteiger partial charge in [-0.15, -0.1) is 0 Å². The van der Waals surface area contributed by atoms with Crippen LogP contribution in [0, 0.1) is 6.92 Å². The van der Waals surface area contributed by atoms with Crippen molar-refractivity contribution in [1.82, 2.24) is 10.2 Å². The molecule has 0 unspecified atom stereocenters. The first kappa shape index (κ1) is 29.7. The Labute approximate surface area is 231 Å². The second-order valence-electron chi connectivity index (χ2n) is 9.34. The van der Waals surface area contributed by atoms with E-state index >= 15 is 0 Å². The molecule has 0 saturated carbocycles. The molecule has 9 heteroatoms. The van der Waals surface area contributed by atoms with Crippen molar-refractivity contribution in [2.24, 2.45) is 0 Å². The van der Waals surface area contributed by atoms with E-state index in [9.17, 15) is 18.0 Å². The highest BCUT2D eigenvalue weighted by atomic mass is 32.2. The minimum Gasteiger partial charge on any atom is -0.457 e. The first-order chi connectivity index (χ1) is 18.6. The van der Waals surface area contributed by atoms with Crippen LogP contribution in [0.25, 0.3) is 0 Å². The highest BCUT2D eigenvalue weighted by Gasteiger charge is 2.31. The summed E-state index contributed by atoms with van der Waals surface area (Å²) in [5.41, 5.74) is 2.19. The number of hydrogen-bond acceptors (Lipinski definition) is 5. The van der Waals surface area contributed by atoms with Gasteiger partial charge in [0.25, 0.3) is 0 Å². The minimum absolute atomic E-state index is 0.186. The van der Waals surface area contributed by atoms with Gasteiger partial charge in [0.05, 0.1) is 11.9 Å². The summed E-state index contributed by atoms with van der Waals surface area (Å²) >= 11 is 0. The lowest BCUT2D eigenvalue weighted by Crippen LogP contribution is -2.52. The van der Waals surface area contributed by atoms with Crippen LogP contribution < -0.4 is 14.4 Å². The zero-order chi connectivity index (χ0) is 28.4. The number of rotatable bonds is 13. The van der Waals surface area contributed by atoms with Crippen LogP contribution in [0.5, 0.6) is 11.5 Å². The second kappa shape index (κ2) is 13.8. The average molecular weight is 552 g/mol. The molecular weight excluding hydrogens is 514 g/mol. The molecule has 3 aromatic carbocycles. The van der Waals surface area contributed by atoms with Gasteiger partial charge in [-0.3, -0.25) is 13.9 Å². The maximum atomic E-state index is 13.8. The zero-order valence-corrected chi connectivity index (χ0v) is 23.8. The molecule has 0 saturated heterocycles. The number of hydrogen-bond donors (Lipinski definition) is 1. The predicted molar refractivity (Wildman–Crippen MR) is 154 cm³/mol. The average Bonchev–Trinajstić information content (AvgIpc) is 2.92. The molecule has 0 bridgehead atoms. The maximum absolute atomic E-state index is 13.8. The van der Waals surface area contributed by atoms with Crippen molar-refractivity contribution < 1.29 is 22.7 Å². The smallest absolute Gasteiger partial charge is 0.244 e. The van der Waals surface area contributed by atoms with E-state index in [-0.39, 0.29) is 12.5 Å². The van der Waals surface area contributed by atoms with Crippen molar-refractivity contribution in [3.05, 3.63) is 90.0 Å². The summed E-state index contributed by atoms with van der Waals surface area (Å²) in [4.78, 5) is 28.3. The van der Waals surface area contributed by atoms with Gasteiger partial charge < -0.3 is 15.0 Å². The molecule has 8 nitrogen and oxygen atoms in total. The lowest BCUT2D eigenvalue weighted by molar-refractivity contribution is -0.140. The lowest BCUT2D eigenvalue weighted by atomic mass is 10.1. The first-order valence-electron chi connectivity index (χ1n) is 13.1. The second-order valence-corrected chi connectivity index (χ2v) is 11.2. The summed E-state index contributed by atoms with van der Waals surface area (Å²) in [7, 11) is -3.82. The fraction of sp³-hybridized carbons (Fsp3) is 0.333. The zero-order valence-electron chi connectivity index (χ0n) is 23.0. The van der Waals surface area contributed by atoms with E-state index in [1.54, 1.807) is 24.3 Å². The Bertz CT molecular complexity index is 1340. The highest BCUT2D eigenvalue weighted by molar-refractivity contribution is 7.92. The third kappa shape index (κ3) is 8.32. The van der Waals surface area contributed by atoms with Gasteiger partial charge in [0.1, 0.15) is 24.1 Å². The molecular formula is C30H37N3O5S. The third-order valence-electron chi connectivity index (χ3n) is 6.32. The molecule has 0 spiro atoms. The standard InChI is InChI=1S/C30H37N3O5S/c1-5-20-31-30(35)28(6-2)32(21-24-13-11-10-12-23(24)3)29(34)22-33(39(4,36)37)25-16-18-27(19-17-25)38-26-14-8-7-9-15-26/h7-19,28H,5-6,20-22H2,1-4H3,(H,31,35)/t28-/m1/s1. The normalized spacial score (nSPS) is 11.9. The quantitative estimate of drug-likeness (QED) is 0.326. The molecule has 1 atom stereocenters. The van der Waals surface area contributed by atoms with Crippen molar-refractivity contribution in [3.63, 3.8) is 0 Å². The van der Waals surface area contributed by atoms with Crippen LogP contribution >= 0.6 is 0 Å². The van der Waals surface area contributed by atoms with Gasteiger partial charge in [-0.05, 0) is 67.3 Å². The molecule has 208 valence electrons. The van der Waals surface area contributed by atoms with Crippen molar-refractivity contribution in [2.45, 2.75) is 46.2 Å². The van der Waals surface area contributed by atoms with E-state index in [2.05, 4.69) is 5.32 Å². The lowest BCUT2D eigenvalue weighted by Gasteiger charge is -2.33. The van der Waals surface area contributed by atoms with E-state index in [0.29, 0.717) is 30.2 Å². The van der Waals surface area contributed by atoms with Gasteiger partial charge in [-0.2, -0.15) is 0 Å². The molecule has 1 N–H and O–H groups in total. The Morgan fingerprint density at radius 2 is 1.51 bits per heavy atom. The fourth-order valence-electron chi connectivity index (χ4n) is 4.18. The van der Waals surface area contributed by atoms with Crippen LogP contribution in [0.15, 0.2) is 78.9 Å². The molecule has 0 aromatic heterocycles. The monoisotopic (exact) mass is 551 g/mol. The van der Waals surface area contributed by atoms with Crippen LogP contribution in [0.1, 0.15) is 37.8 Å². The number of ether oxygens (including phenoxy) is 1. The van der Waals surface area contributed by atoms with Crippen LogP contribution in [-0.4, -0.2) is 50.5 Å². The van der Waals surface area contributed by atoms with Gasteiger partial charge in [0.2, 0.25) is 21.8 Å². The van der Waals surface area contributed by atoms with E-state index in [0.717, 1.165) is 28.1 Å². The number of anilines is 1. The van der Waals surface area contributed by atoms with Gasteiger partial charge in [0.15, 0.2) is 0 Å². The van der Waals surface area contributed by atoms with E-state index in [1.165, 1.54) is 4.90 Å². The van der Waals surface area contributed by atoms with Gasteiger partial charge in [-0.1, -0.05) is 56.3 Å². The molecule has 3 aromatic rings. The number of aryl methyl sites for hydroxylation is 1. The maximum Gasteiger partial charge on any atom is 0.244 e. The number of amides is 2. The van der Waals surface area contributed by atoms with Crippen molar-refractivity contribution in [3.8, 4) is 11.5 Å². The molecule has 0 fully saturated rings. The number of carbonyl (C=O) groups excluding carboxylic acids is 2. The van der Waals surface area contributed by atoms with E-state index in [4.69, 9.17) is 4.74 Å². The number of para-hydroxylation sites is 1. The topological polar surface area (TPSA) is 96.0 Å².